The zero-order valence-corrected chi connectivity index (χ0v) is 12.6. The van der Waals surface area contributed by atoms with Crippen molar-refractivity contribution in [3.63, 3.8) is 0 Å². The molecule has 0 aliphatic heterocycles. The van der Waals surface area contributed by atoms with Crippen LogP contribution in [0.4, 0.5) is 0 Å². The summed E-state index contributed by atoms with van der Waals surface area (Å²) in [6.07, 6.45) is 0. The number of hydrogen-bond acceptors (Lipinski definition) is 3. The van der Waals surface area contributed by atoms with Crippen LogP contribution in [0, 0.1) is 0 Å². The van der Waals surface area contributed by atoms with Gasteiger partial charge in [-0.1, -0.05) is 15.9 Å². The van der Waals surface area contributed by atoms with Gasteiger partial charge >= 0.3 is 0 Å². The van der Waals surface area contributed by atoms with Gasteiger partial charge in [-0.05, 0) is 39.0 Å². The van der Waals surface area contributed by atoms with Gasteiger partial charge in [0.2, 0.25) is 10.0 Å². The topological polar surface area (TPSA) is 55.4 Å². The van der Waals surface area contributed by atoms with Gasteiger partial charge in [0.15, 0.2) is 0 Å². The van der Waals surface area contributed by atoms with Crippen LogP contribution in [-0.2, 0) is 10.0 Å². The van der Waals surface area contributed by atoms with Crippen LogP contribution >= 0.6 is 15.9 Å². The zero-order valence-electron chi connectivity index (χ0n) is 10.2. The second-order valence-electron chi connectivity index (χ2n) is 4.65. The smallest absolute Gasteiger partial charge is 0.244 e. The van der Waals surface area contributed by atoms with Gasteiger partial charge in [0.1, 0.15) is 10.6 Å². The predicted octanol–water partition coefficient (Wildman–Crippen LogP) is 2.53. The number of nitrogens with one attached hydrogen (secondary N) is 1. The first-order chi connectivity index (χ1) is 7.65. The highest BCUT2D eigenvalue weighted by molar-refractivity contribution is 9.10. The molecule has 0 atom stereocenters. The van der Waals surface area contributed by atoms with Gasteiger partial charge in [-0.25, -0.2) is 13.1 Å². The maximum atomic E-state index is 12.2. The summed E-state index contributed by atoms with van der Waals surface area (Å²) in [6.45, 7) is 5.36. The Morgan fingerprint density at radius 3 is 2.35 bits per heavy atom. The molecule has 1 N–H and O–H groups in total. The number of ether oxygens (including phenoxy) is 1. The molecule has 0 bridgehead atoms. The molecule has 0 aliphatic carbocycles. The van der Waals surface area contributed by atoms with Crippen molar-refractivity contribution >= 4 is 26.0 Å². The Balaban J connectivity index is 3.28. The van der Waals surface area contributed by atoms with E-state index in [9.17, 15) is 8.42 Å². The van der Waals surface area contributed by atoms with Crippen LogP contribution in [0.2, 0.25) is 0 Å². The lowest BCUT2D eigenvalue weighted by molar-refractivity contribution is 0.401. The summed E-state index contributed by atoms with van der Waals surface area (Å²) in [7, 11) is -2.14. The van der Waals surface area contributed by atoms with Crippen molar-refractivity contribution in [2.24, 2.45) is 0 Å². The lowest BCUT2D eigenvalue weighted by Gasteiger charge is -2.21. The number of methoxy groups -OCH3 is 1. The molecule has 1 aromatic carbocycles. The Labute approximate surface area is 111 Å². The second kappa shape index (κ2) is 4.96. The van der Waals surface area contributed by atoms with Gasteiger partial charge in [-0.3, -0.25) is 0 Å². The molecule has 0 saturated carbocycles. The van der Waals surface area contributed by atoms with E-state index < -0.39 is 15.6 Å². The molecule has 1 rings (SSSR count). The van der Waals surface area contributed by atoms with Crippen LogP contribution in [0.5, 0.6) is 5.75 Å². The maximum Gasteiger partial charge on any atom is 0.244 e. The van der Waals surface area contributed by atoms with Crippen LogP contribution in [0.15, 0.2) is 27.6 Å². The molecule has 0 saturated heterocycles. The van der Waals surface area contributed by atoms with Crippen molar-refractivity contribution in [2.45, 2.75) is 31.2 Å². The van der Waals surface area contributed by atoms with Crippen LogP contribution in [0.3, 0.4) is 0 Å². The van der Waals surface area contributed by atoms with E-state index in [1.165, 1.54) is 13.2 Å². The third-order valence-corrected chi connectivity index (χ3v) is 4.13. The van der Waals surface area contributed by atoms with Crippen molar-refractivity contribution in [3.8, 4) is 5.75 Å². The molecular formula is C11H16BrNO3S. The van der Waals surface area contributed by atoms with E-state index in [-0.39, 0.29) is 4.90 Å². The lowest BCUT2D eigenvalue weighted by Crippen LogP contribution is -2.40. The summed E-state index contributed by atoms with van der Waals surface area (Å²) in [5.41, 5.74) is -0.536. The minimum Gasteiger partial charge on any atom is -0.495 e. The monoisotopic (exact) mass is 321 g/mol. The summed E-state index contributed by atoms with van der Waals surface area (Å²) >= 11 is 3.25. The SMILES string of the molecule is COc1ccc(Br)cc1S(=O)(=O)NC(C)(C)C. The summed E-state index contributed by atoms with van der Waals surface area (Å²) in [5.74, 6) is 0.324. The molecule has 0 aromatic heterocycles. The molecule has 6 heteroatoms. The first kappa shape index (κ1) is 14.5. The molecule has 4 nitrogen and oxygen atoms in total. The standard InChI is InChI=1S/C11H16BrNO3S/c1-11(2,3)13-17(14,15)10-7-8(12)5-6-9(10)16-4/h5-7,13H,1-4H3. The molecule has 0 heterocycles. The van der Waals surface area contributed by atoms with E-state index in [1.807, 2.05) is 0 Å². The molecule has 96 valence electrons. The fraction of sp³-hybridized carbons (Fsp3) is 0.455. The number of benzene rings is 1. The quantitative estimate of drug-likeness (QED) is 0.930. The van der Waals surface area contributed by atoms with Gasteiger partial charge in [-0.2, -0.15) is 0 Å². The van der Waals surface area contributed by atoms with Gasteiger partial charge in [0, 0.05) is 10.0 Å². The lowest BCUT2D eigenvalue weighted by atomic mass is 10.1. The molecule has 0 unspecified atom stereocenters. The van der Waals surface area contributed by atoms with Crippen LogP contribution in [0.25, 0.3) is 0 Å². The normalized spacial score (nSPS) is 12.5. The average molecular weight is 322 g/mol. The largest absolute Gasteiger partial charge is 0.495 e. The maximum absolute atomic E-state index is 12.2. The third kappa shape index (κ3) is 3.97. The van der Waals surface area contributed by atoms with Crippen molar-refractivity contribution in [1.82, 2.24) is 4.72 Å². The van der Waals surface area contributed by atoms with E-state index in [2.05, 4.69) is 20.7 Å². The van der Waals surface area contributed by atoms with E-state index >= 15 is 0 Å². The summed E-state index contributed by atoms with van der Waals surface area (Å²) in [4.78, 5) is 0.129. The Bertz CT molecular complexity index is 506. The van der Waals surface area contributed by atoms with Crippen molar-refractivity contribution in [3.05, 3.63) is 22.7 Å². The fourth-order valence-electron chi connectivity index (χ4n) is 1.32. The first-order valence-corrected chi connectivity index (χ1v) is 7.31. The molecule has 0 aliphatic rings. The van der Waals surface area contributed by atoms with E-state index in [4.69, 9.17) is 4.74 Å². The predicted molar refractivity (Wildman–Crippen MR) is 70.8 cm³/mol. The number of rotatable bonds is 3. The third-order valence-electron chi connectivity index (χ3n) is 1.86. The minimum atomic E-state index is -3.59. The Hall–Kier alpha value is -0.590. The zero-order chi connectivity index (χ0) is 13.3. The number of sulfonamides is 1. The number of halogens is 1. The molecule has 1 aromatic rings. The Morgan fingerprint density at radius 1 is 1.29 bits per heavy atom. The average Bonchev–Trinajstić information content (AvgIpc) is 2.14. The van der Waals surface area contributed by atoms with E-state index in [1.54, 1.807) is 32.9 Å². The molecule has 0 amide bonds. The summed E-state index contributed by atoms with van der Waals surface area (Å²) in [5, 5.41) is 0. The minimum absolute atomic E-state index is 0.129. The molecule has 17 heavy (non-hydrogen) atoms. The highest BCUT2D eigenvalue weighted by Gasteiger charge is 2.25. The fourth-order valence-corrected chi connectivity index (χ4v) is 3.45. The molecule has 0 spiro atoms. The van der Waals surface area contributed by atoms with Gasteiger partial charge in [0.25, 0.3) is 0 Å². The summed E-state index contributed by atoms with van der Waals surface area (Å²) < 4.78 is 32.7. The van der Waals surface area contributed by atoms with E-state index in [0.717, 1.165) is 0 Å². The van der Waals surface area contributed by atoms with Gasteiger partial charge in [0.05, 0.1) is 7.11 Å². The van der Waals surface area contributed by atoms with Crippen molar-refractivity contribution in [2.75, 3.05) is 7.11 Å². The van der Waals surface area contributed by atoms with Crippen molar-refractivity contribution < 1.29 is 13.2 Å². The Kier molecular flexibility index (Phi) is 4.22. The summed E-state index contributed by atoms with van der Waals surface area (Å²) in [6, 6.07) is 4.86. The van der Waals surface area contributed by atoms with Crippen LogP contribution < -0.4 is 9.46 Å². The Morgan fingerprint density at radius 2 is 1.88 bits per heavy atom. The highest BCUT2D eigenvalue weighted by Crippen LogP contribution is 2.27. The van der Waals surface area contributed by atoms with Crippen LogP contribution in [-0.4, -0.2) is 21.1 Å². The highest BCUT2D eigenvalue weighted by atomic mass is 79.9. The first-order valence-electron chi connectivity index (χ1n) is 5.03. The van der Waals surface area contributed by atoms with E-state index in [0.29, 0.717) is 10.2 Å². The molecule has 0 fully saturated rings. The molecule has 0 radical (unpaired) electrons. The van der Waals surface area contributed by atoms with Gasteiger partial charge < -0.3 is 4.74 Å². The molecular weight excluding hydrogens is 306 g/mol. The second-order valence-corrected chi connectivity index (χ2v) is 7.22. The van der Waals surface area contributed by atoms with Gasteiger partial charge in [-0.15, -0.1) is 0 Å². The number of hydrogen-bond donors (Lipinski definition) is 1. The van der Waals surface area contributed by atoms with Crippen LogP contribution in [0.1, 0.15) is 20.8 Å². The van der Waals surface area contributed by atoms with Crippen molar-refractivity contribution in [1.29, 1.82) is 0 Å².